The van der Waals surface area contributed by atoms with E-state index in [2.05, 4.69) is 0 Å². The van der Waals surface area contributed by atoms with E-state index in [0.717, 1.165) is 34.9 Å². The Labute approximate surface area is 112 Å². The lowest BCUT2D eigenvalue weighted by atomic mass is 10.1. The summed E-state index contributed by atoms with van der Waals surface area (Å²) in [5.74, 6) is -1.77. The molecule has 0 aliphatic carbocycles. The maximum absolute atomic E-state index is 13.6. The molecule has 5 nitrogen and oxygen atoms in total. The molecule has 0 aromatic heterocycles. The second-order valence-electron chi connectivity index (χ2n) is 3.96. The molecule has 1 aliphatic rings. The smallest absolute Gasteiger partial charge is 0.335 e. The van der Waals surface area contributed by atoms with Gasteiger partial charge in [-0.1, -0.05) is 11.8 Å². The van der Waals surface area contributed by atoms with Crippen molar-refractivity contribution in [1.82, 2.24) is 4.90 Å². The fourth-order valence-corrected chi connectivity index (χ4v) is 2.47. The summed E-state index contributed by atoms with van der Waals surface area (Å²) in [6.07, 6.45) is 0.219. The van der Waals surface area contributed by atoms with Crippen LogP contribution < -0.4 is 0 Å². The molecule has 1 heterocycles. The Hall–Kier alpha value is -1.89. The van der Waals surface area contributed by atoms with Gasteiger partial charge >= 0.3 is 5.97 Å². The monoisotopic (exact) mass is 283 g/mol. The molecule has 1 N–H and O–H groups in total. The summed E-state index contributed by atoms with van der Waals surface area (Å²) in [5.41, 5.74) is -0.0648. The van der Waals surface area contributed by atoms with E-state index in [-0.39, 0.29) is 30.0 Å². The van der Waals surface area contributed by atoms with Crippen molar-refractivity contribution >= 4 is 28.9 Å². The van der Waals surface area contributed by atoms with Crippen LogP contribution in [0, 0.1) is 5.82 Å². The first-order valence-electron chi connectivity index (χ1n) is 5.48. The Bertz CT molecular complexity index is 545. The number of benzene rings is 1. The van der Waals surface area contributed by atoms with Gasteiger partial charge in [-0.15, -0.1) is 0 Å². The number of imide groups is 1. The van der Waals surface area contributed by atoms with E-state index in [4.69, 9.17) is 5.11 Å². The van der Waals surface area contributed by atoms with Gasteiger partial charge in [0, 0.05) is 17.7 Å². The number of hydrogen-bond donors (Lipinski definition) is 1. The third kappa shape index (κ3) is 2.93. The van der Waals surface area contributed by atoms with Crippen molar-refractivity contribution in [3.63, 3.8) is 0 Å². The summed E-state index contributed by atoms with van der Waals surface area (Å²) in [4.78, 5) is 34.9. The van der Waals surface area contributed by atoms with E-state index in [9.17, 15) is 18.8 Å². The number of carbonyl (C=O) groups is 3. The maximum Gasteiger partial charge on any atom is 0.335 e. The Kier molecular flexibility index (Phi) is 3.84. The number of hydrogen-bond acceptors (Lipinski definition) is 4. The van der Waals surface area contributed by atoms with Crippen LogP contribution in [0.15, 0.2) is 18.2 Å². The second kappa shape index (κ2) is 5.40. The Morgan fingerprint density at radius 1 is 1.42 bits per heavy atom. The topological polar surface area (TPSA) is 74.7 Å². The van der Waals surface area contributed by atoms with Crippen molar-refractivity contribution in [3.8, 4) is 0 Å². The molecule has 0 saturated carbocycles. The minimum absolute atomic E-state index is 0.0177. The molecule has 1 aromatic rings. The van der Waals surface area contributed by atoms with Crippen LogP contribution in [0.3, 0.4) is 0 Å². The van der Waals surface area contributed by atoms with Gasteiger partial charge in [-0.3, -0.25) is 14.5 Å². The SMILES string of the molecule is O=C(O)c1ccc(F)c(CN2C(=O)CCSC2=O)c1. The molecule has 7 heteroatoms. The number of thioether (sulfide) groups is 1. The molecule has 2 rings (SSSR count). The van der Waals surface area contributed by atoms with Crippen LogP contribution in [0.1, 0.15) is 22.3 Å². The van der Waals surface area contributed by atoms with Crippen LogP contribution in [0.4, 0.5) is 9.18 Å². The number of carboxylic acid groups (broad SMARTS) is 1. The van der Waals surface area contributed by atoms with E-state index in [1.165, 1.54) is 0 Å². The predicted molar refractivity (Wildman–Crippen MR) is 66.4 cm³/mol. The minimum Gasteiger partial charge on any atom is -0.478 e. The largest absolute Gasteiger partial charge is 0.478 e. The van der Waals surface area contributed by atoms with Crippen LogP contribution in [-0.4, -0.2) is 32.9 Å². The van der Waals surface area contributed by atoms with Gasteiger partial charge in [-0.05, 0) is 18.2 Å². The highest BCUT2D eigenvalue weighted by Gasteiger charge is 2.27. The maximum atomic E-state index is 13.6. The van der Waals surface area contributed by atoms with Gasteiger partial charge in [0.25, 0.3) is 5.24 Å². The van der Waals surface area contributed by atoms with Gasteiger partial charge in [-0.25, -0.2) is 9.18 Å². The molecule has 0 radical (unpaired) electrons. The Morgan fingerprint density at radius 3 is 2.79 bits per heavy atom. The molecule has 1 aromatic carbocycles. The number of halogens is 1. The van der Waals surface area contributed by atoms with E-state index < -0.39 is 17.0 Å². The van der Waals surface area contributed by atoms with E-state index >= 15 is 0 Å². The van der Waals surface area contributed by atoms with E-state index in [1.807, 2.05) is 0 Å². The van der Waals surface area contributed by atoms with Crippen molar-refractivity contribution in [2.24, 2.45) is 0 Å². The van der Waals surface area contributed by atoms with Gasteiger partial charge in [0.15, 0.2) is 0 Å². The van der Waals surface area contributed by atoms with Crippen molar-refractivity contribution in [2.75, 3.05) is 5.75 Å². The van der Waals surface area contributed by atoms with Crippen LogP contribution in [0.25, 0.3) is 0 Å². The molecule has 0 spiro atoms. The summed E-state index contributed by atoms with van der Waals surface area (Å²) in [5, 5.41) is 8.40. The predicted octanol–water partition coefficient (Wildman–Crippen LogP) is 2.11. The zero-order valence-electron chi connectivity index (χ0n) is 9.76. The molecule has 0 atom stereocenters. The summed E-state index contributed by atoms with van der Waals surface area (Å²) in [7, 11) is 0. The molecular formula is C12H10FNO4S. The third-order valence-electron chi connectivity index (χ3n) is 2.68. The molecular weight excluding hydrogens is 273 g/mol. The quantitative estimate of drug-likeness (QED) is 0.919. The number of nitrogens with zero attached hydrogens (tertiary/aromatic N) is 1. The lowest BCUT2D eigenvalue weighted by Crippen LogP contribution is -2.37. The Balaban J connectivity index is 2.27. The lowest BCUT2D eigenvalue weighted by Gasteiger charge is -2.24. The first-order chi connectivity index (χ1) is 8.99. The summed E-state index contributed by atoms with van der Waals surface area (Å²) >= 11 is 0.993. The second-order valence-corrected chi connectivity index (χ2v) is 5.00. The molecule has 1 saturated heterocycles. The van der Waals surface area contributed by atoms with Crippen LogP contribution >= 0.6 is 11.8 Å². The summed E-state index contributed by atoms with van der Waals surface area (Å²) < 4.78 is 13.6. The van der Waals surface area contributed by atoms with Crippen LogP contribution in [-0.2, 0) is 11.3 Å². The summed E-state index contributed by atoms with van der Waals surface area (Å²) in [6, 6.07) is 3.29. The third-order valence-corrected chi connectivity index (χ3v) is 3.56. The van der Waals surface area contributed by atoms with Gasteiger partial charge in [0.05, 0.1) is 12.1 Å². The zero-order valence-corrected chi connectivity index (χ0v) is 10.6. The number of amides is 2. The van der Waals surface area contributed by atoms with Crippen molar-refractivity contribution < 1.29 is 23.9 Å². The highest BCUT2D eigenvalue weighted by atomic mass is 32.2. The number of carbonyl (C=O) groups excluding carboxylic acids is 2. The van der Waals surface area contributed by atoms with Crippen LogP contribution in [0.5, 0.6) is 0 Å². The van der Waals surface area contributed by atoms with Crippen molar-refractivity contribution in [2.45, 2.75) is 13.0 Å². The molecule has 0 unspecified atom stereocenters. The van der Waals surface area contributed by atoms with Gasteiger partial charge < -0.3 is 5.11 Å². The van der Waals surface area contributed by atoms with Gasteiger partial charge in [-0.2, -0.15) is 0 Å². The van der Waals surface area contributed by atoms with Gasteiger partial charge in [0.1, 0.15) is 5.82 Å². The molecule has 19 heavy (non-hydrogen) atoms. The number of aromatic carboxylic acids is 1. The zero-order chi connectivity index (χ0) is 14.0. The van der Waals surface area contributed by atoms with E-state index in [1.54, 1.807) is 0 Å². The van der Waals surface area contributed by atoms with Crippen molar-refractivity contribution in [1.29, 1.82) is 0 Å². The Morgan fingerprint density at radius 2 is 2.16 bits per heavy atom. The fourth-order valence-electron chi connectivity index (χ4n) is 1.69. The molecule has 0 bridgehead atoms. The normalized spacial score (nSPS) is 15.7. The average Bonchev–Trinajstić information content (AvgIpc) is 2.35. The van der Waals surface area contributed by atoms with Gasteiger partial charge in [0.2, 0.25) is 5.91 Å². The first kappa shape index (κ1) is 13.5. The molecule has 100 valence electrons. The number of carboxylic acids is 1. The standard InChI is InChI=1S/C12H10FNO4S/c13-9-2-1-7(11(16)17)5-8(9)6-14-10(15)3-4-19-12(14)18/h1-2,5H,3-4,6H2,(H,16,17). The number of rotatable bonds is 3. The molecule has 1 fully saturated rings. The van der Waals surface area contributed by atoms with Crippen LogP contribution in [0.2, 0.25) is 0 Å². The highest BCUT2D eigenvalue weighted by Crippen LogP contribution is 2.22. The summed E-state index contributed by atoms with van der Waals surface area (Å²) in [6.45, 7) is -0.238. The minimum atomic E-state index is -1.19. The highest BCUT2D eigenvalue weighted by molar-refractivity contribution is 8.13. The lowest BCUT2D eigenvalue weighted by molar-refractivity contribution is -0.128. The first-order valence-corrected chi connectivity index (χ1v) is 6.46. The molecule has 2 amide bonds. The average molecular weight is 283 g/mol. The van der Waals surface area contributed by atoms with E-state index in [0.29, 0.717) is 5.75 Å². The molecule has 1 aliphatic heterocycles. The van der Waals surface area contributed by atoms with Crippen molar-refractivity contribution in [3.05, 3.63) is 35.1 Å². The fraction of sp³-hybridized carbons (Fsp3) is 0.250.